The van der Waals surface area contributed by atoms with Crippen LogP contribution < -0.4 is 5.56 Å². The molecule has 0 unspecified atom stereocenters. The minimum absolute atomic E-state index is 0.231. The molecule has 2 N–H and O–H groups in total. The lowest BCUT2D eigenvalue weighted by molar-refractivity contribution is 0.187. The lowest BCUT2D eigenvalue weighted by Crippen LogP contribution is -2.18. The van der Waals surface area contributed by atoms with Gasteiger partial charge < -0.3 is 10.2 Å². The molecule has 4 aromatic heterocycles. The maximum atomic E-state index is 11.9. The van der Waals surface area contributed by atoms with E-state index >= 15 is 0 Å². The summed E-state index contributed by atoms with van der Waals surface area (Å²) in [6.45, 7) is 0. The van der Waals surface area contributed by atoms with Gasteiger partial charge in [-0.15, -0.1) is 4.73 Å². The second-order valence-corrected chi connectivity index (χ2v) is 4.72. The van der Waals surface area contributed by atoms with Crippen LogP contribution in [-0.4, -0.2) is 24.9 Å². The molecular weight excluding hydrogens is 268 g/mol. The minimum Gasteiger partial charge on any atom is -0.423 e. The third-order valence-electron chi connectivity index (χ3n) is 3.47. The van der Waals surface area contributed by atoms with Gasteiger partial charge in [-0.1, -0.05) is 0 Å². The highest BCUT2D eigenvalue weighted by atomic mass is 16.5. The summed E-state index contributed by atoms with van der Waals surface area (Å²) in [7, 11) is 0. The number of nitrogens with zero attached hydrogens (tertiary/aromatic N) is 3. The zero-order chi connectivity index (χ0) is 14.4. The number of pyridine rings is 3. The topological polar surface area (TPSA) is 83.8 Å². The Labute approximate surface area is 118 Å². The van der Waals surface area contributed by atoms with Crippen LogP contribution in [0.15, 0.2) is 53.7 Å². The van der Waals surface area contributed by atoms with Gasteiger partial charge in [-0.3, -0.25) is 4.79 Å². The summed E-state index contributed by atoms with van der Waals surface area (Å²) in [5.41, 5.74) is 2.00. The largest absolute Gasteiger partial charge is 0.423 e. The van der Waals surface area contributed by atoms with Crippen LogP contribution in [0.5, 0.6) is 0 Å². The van der Waals surface area contributed by atoms with E-state index in [0.29, 0.717) is 15.7 Å². The third kappa shape index (κ3) is 1.69. The molecule has 6 heteroatoms. The monoisotopic (exact) mass is 278 g/mol. The fourth-order valence-corrected chi connectivity index (χ4v) is 2.47. The van der Waals surface area contributed by atoms with E-state index in [2.05, 4.69) is 15.0 Å². The van der Waals surface area contributed by atoms with Crippen molar-refractivity contribution in [2.45, 2.75) is 0 Å². The van der Waals surface area contributed by atoms with Gasteiger partial charge in [0.1, 0.15) is 5.65 Å². The highest BCUT2D eigenvalue weighted by molar-refractivity contribution is 5.94. The molecule has 0 spiro atoms. The van der Waals surface area contributed by atoms with E-state index in [1.54, 1.807) is 12.3 Å². The Hall–Kier alpha value is -3.15. The summed E-state index contributed by atoms with van der Waals surface area (Å²) < 4.78 is 0.557. The van der Waals surface area contributed by atoms with Gasteiger partial charge in [-0.2, -0.15) is 0 Å². The lowest BCUT2D eigenvalue weighted by Gasteiger charge is -2.08. The molecule has 21 heavy (non-hydrogen) atoms. The second kappa shape index (κ2) is 4.17. The van der Waals surface area contributed by atoms with Crippen LogP contribution in [0.3, 0.4) is 0 Å². The van der Waals surface area contributed by atoms with E-state index in [9.17, 15) is 10.0 Å². The van der Waals surface area contributed by atoms with E-state index < -0.39 is 5.56 Å². The van der Waals surface area contributed by atoms with Crippen molar-refractivity contribution in [1.29, 1.82) is 0 Å². The molecule has 0 saturated carbocycles. The quantitative estimate of drug-likeness (QED) is 0.523. The number of nitrogens with one attached hydrogen (secondary N) is 1. The molecule has 0 aliphatic heterocycles. The molecule has 0 aromatic carbocycles. The molecule has 0 bridgehead atoms. The van der Waals surface area contributed by atoms with Crippen molar-refractivity contribution >= 4 is 22.1 Å². The van der Waals surface area contributed by atoms with Crippen LogP contribution >= 0.6 is 0 Å². The summed E-state index contributed by atoms with van der Waals surface area (Å²) in [5.74, 6) is 0. The molecule has 0 aliphatic rings. The standard InChI is InChI=1S/C15H10N4O2/c20-13-7-12(11-2-1-4-17-15(11)19(13)21)10-6-9-3-5-16-14(9)18-8-10/h1-8,21H,(H,16,18). The Bertz CT molecular complexity index is 1030. The summed E-state index contributed by atoms with van der Waals surface area (Å²) in [5, 5.41) is 11.4. The Morgan fingerprint density at radius 2 is 2.10 bits per heavy atom. The molecule has 4 heterocycles. The van der Waals surface area contributed by atoms with Crippen molar-refractivity contribution in [2.24, 2.45) is 0 Å². The van der Waals surface area contributed by atoms with Crippen molar-refractivity contribution in [3.8, 4) is 11.1 Å². The van der Waals surface area contributed by atoms with Gasteiger partial charge in [0.15, 0.2) is 5.65 Å². The van der Waals surface area contributed by atoms with E-state index in [4.69, 9.17) is 0 Å². The van der Waals surface area contributed by atoms with Crippen molar-refractivity contribution in [3.05, 3.63) is 59.3 Å². The molecule has 4 aromatic rings. The van der Waals surface area contributed by atoms with Gasteiger partial charge in [0.2, 0.25) is 0 Å². The van der Waals surface area contributed by atoms with Crippen molar-refractivity contribution in [2.75, 3.05) is 0 Å². The van der Waals surface area contributed by atoms with E-state index in [1.807, 2.05) is 24.4 Å². The fourth-order valence-electron chi connectivity index (χ4n) is 2.47. The second-order valence-electron chi connectivity index (χ2n) is 4.72. The van der Waals surface area contributed by atoms with Crippen molar-refractivity contribution < 1.29 is 5.21 Å². The molecule has 0 amide bonds. The molecule has 0 atom stereocenters. The first-order chi connectivity index (χ1) is 10.2. The van der Waals surface area contributed by atoms with Crippen LogP contribution in [0.2, 0.25) is 0 Å². The van der Waals surface area contributed by atoms with Crippen LogP contribution in [0.4, 0.5) is 0 Å². The molecule has 0 aliphatic carbocycles. The SMILES string of the molecule is O=c1cc(-c2cnc3[nH]ccc3c2)c2cccnc2n1O. The first-order valence-corrected chi connectivity index (χ1v) is 6.37. The normalized spacial score (nSPS) is 11.2. The van der Waals surface area contributed by atoms with Crippen molar-refractivity contribution in [3.63, 3.8) is 0 Å². The summed E-state index contributed by atoms with van der Waals surface area (Å²) >= 11 is 0. The van der Waals surface area contributed by atoms with E-state index in [0.717, 1.165) is 16.6 Å². The van der Waals surface area contributed by atoms with Crippen LogP contribution in [0, 0.1) is 0 Å². The average molecular weight is 278 g/mol. The molecule has 4 rings (SSSR count). The molecule has 102 valence electrons. The van der Waals surface area contributed by atoms with Gasteiger partial charge >= 0.3 is 0 Å². The Balaban J connectivity index is 2.10. The number of aromatic amines is 1. The van der Waals surface area contributed by atoms with Gasteiger partial charge in [-0.25, -0.2) is 9.97 Å². The number of hydrogen-bond acceptors (Lipinski definition) is 4. The highest BCUT2D eigenvalue weighted by Gasteiger charge is 2.11. The molecule has 0 radical (unpaired) electrons. The first-order valence-electron chi connectivity index (χ1n) is 6.37. The Morgan fingerprint density at radius 3 is 3.00 bits per heavy atom. The number of fused-ring (bicyclic) bond motifs is 2. The highest BCUT2D eigenvalue weighted by Crippen LogP contribution is 2.27. The number of rotatable bonds is 1. The third-order valence-corrected chi connectivity index (χ3v) is 3.47. The minimum atomic E-state index is -0.523. The molecule has 0 fully saturated rings. The van der Waals surface area contributed by atoms with Crippen LogP contribution in [0.25, 0.3) is 33.2 Å². The summed E-state index contributed by atoms with van der Waals surface area (Å²) in [6, 6.07) is 8.82. The number of aromatic nitrogens is 4. The first kappa shape index (κ1) is 11.7. The number of hydrogen-bond donors (Lipinski definition) is 2. The average Bonchev–Trinajstić information content (AvgIpc) is 2.98. The van der Waals surface area contributed by atoms with Gasteiger partial charge in [-0.05, 0) is 29.8 Å². The molecular formula is C15H10N4O2. The summed E-state index contributed by atoms with van der Waals surface area (Å²) in [4.78, 5) is 23.3. The molecule has 6 nitrogen and oxygen atoms in total. The van der Waals surface area contributed by atoms with Crippen LogP contribution in [-0.2, 0) is 0 Å². The molecule has 0 saturated heterocycles. The zero-order valence-corrected chi connectivity index (χ0v) is 10.8. The number of H-pyrrole nitrogens is 1. The van der Waals surface area contributed by atoms with Gasteiger partial charge in [0, 0.05) is 41.0 Å². The lowest BCUT2D eigenvalue weighted by atomic mass is 10.0. The van der Waals surface area contributed by atoms with E-state index in [-0.39, 0.29) is 5.65 Å². The Kier molecular flexibility index (Phi) is 2.32. The zero-order valence-electron chi connectivity index (χ0n) is 10.8. The van der Waals surface area contributed by atoms with Gasteiger partial charge in [0.25, 0.3) is 5.56 Å². The predicted octanol–water partition coefficient (Wildman–Crippen LogP) is 2.18. The smallest absolute Gasteiger partial charge is 0.285 e. The van der Waals surface area contributed by atoms with Crippen LogP contribution in [0.1, 0.15) is 0 Å². The predicted molar refractivity (Wildman–Crippen MR) is 78.3 cm³/mol. The Morgan fingerprint density at radius 1 is 1.19 bits per heavy atom. The van der Waals surface area contributed by atoms with Gasteiger partial charge in [0.05, 0.1) is 0 Å². The van der Waals surface area contributed by atoms with Crippen molar-refractivity contribution in [1.82, 2.24) is 19.7 Å². The maximum Gasteiger partial charge on any atom is 0.285 e. The summed E-state index contributed by atoms with van der Waals surface area (Å²) in [6.07, 6.45) is 5.04. The van der Waals surface area contributed by atoms with E-state index in [1.165, 1.54) is 12.3 Å². The fraction of sp³-hybridized carbons (Fsp3) is 0. The maximum absolute atomic E-state index is 11.9.